The van der Waals surface area contributed by atoms with Crippen LogP contribution < -0.4 is 0 Å². The van der Waals surface area contributed by atoms with Crippen molar-refractivity contribution in [3.05, 3.63) is 0 Å². The molecule has 0 atom stereocenters. The summed E-state index contributed by atoms with van der Waals surface area (Å²) in [7, 11) is 0. The number of unbranched alkanes of at least 4 members (excludes halogenated alkanes) is 16. The summed E-state index contributed by atoms with van der Waals surface area (Å²) < 4.78 is 0. The molecule has 0 aromatic carbocycles. The van der Waals surface area contributed by atoms with Crippen LogP contribution in [0.5, 0.6) is 0 Å². The van der Waals surface area contributed by atoms with Gasteiger partial charge >= 0.3 is 0 Å². The summed E-state index contributed by atoms with van der Waals surface area (Å²) >= 11 is 0. The Morgan fingerprint density at radius 3 is 0.524 bits per heavy atom. The fraction of sp³-hybridized carbons (Fsp3) is 1.00. The molecule has 126 valence electrons. The summed E-state index contributed by atoms with van der Waals surface area (Å²) in [5.41, 5.74) is 0. The zero-order valence-electron chi connectivity index (χ0n) is 14.3. The third-order valence-electron chi connectivity index (χ3n) is 4.29. The molecule has 0 rings (SSSR count). The van der Waals surface area contributed by atoms with Gasteiger partial charge in [0.1, 0.15) is 0 Å². The smallest absolute Gasteiger partial charge is 0.0822 e. The van der Waals surface area contributed by atoms with Crippen LogP contribution in [-0.4, -0.2) is 13.2 Å². The lowest BCUT2D eigenvalue weighted by Gasteiger charge is -2.03. The third kappa shape index (κ3) is 19.9. The quantitative estimate of drug-likeness (QED) is 0.260. The largest absolute Gasteiger partial charge is 0.237 e. The van der Waals surface area contributed by atoms with Crippen molar-refractivity contribution in [1.29, 1.82) is 0 Å². The monoisotopic (exact) mass is 298 g/mol. The van der Waals surface area contributed by atoms with Gasteiger partial charge in [-0.15, -0.1) is 0 Å². The van der Waals surface area contributed by atoms with Gasteiger partial charge in [-0.1, -0.05) is 96.3 Å². The second-order valence-corrected chi connectivity index (χ2v) is 6.42. The van der Waals surface area contributed by atoms with Gasteiger partial charge < -0.3 is 0 Å². The van der Waals surface area contributed by atoms with E-state index in [2.05, 4.69) is 0 Å². The van der Waals surface area contributed by atoms with E-state index >= 15 is 0 Å². The molecule has 0 amide bonds. The molecule has 2 nitrogen and oxygen atoms in total. The molecule has 0 spiro atoms. The molecule has 21 heavy (non-hydrogen) atoms. The van der Waals surface area contributed by atoms with Crippen molar-refractivity contribution >= 4 is 0 Å². The first-order valence-electron chi connectivity index (χ1n) is 9.58. The van der Waals surface area contributed by atoms with Crippen molar-refractivity contribution in [3.8, 4) is 0 Å². The van der Waals surface area contributed by atoms with Gasteiger partial charge in [-0.25, -0.2) is 10.2 Å². The lowest BCUT2D eigenvalue weighted by atomic mass is 10.0. The summed E-state index contributed by atoms with van der Waals surface area (Å²) in [6.45, 7) is 0.223. The van der Waals surface area contributed by atoms with Gasteiger partial charge in [-0.2, -0.15) is 0 Å². The average molecular weight is 299 g/mol. The Bertz CT molecular complexity index is 153. The fourth-order valence-corrected chi connectivity index (χ4v) is 2.86. The van der Waals surface area contributed by atoms with E-state index in [9.17, 15) is 10.2 Å². The maximum atomic E-state index is 10.3. The number of hydrogen-bond acceptors (Lipinski definition) is 0. The van der Waals surface area contributed by atoms with Crippen molar-refractivity contribution in [2.75, 3.05) is 13.2 Å². The maximum Gasteiger partial charge on any atom is 0.0822 e. The highest BCUT2D eigenvalue weighted by molar-refractivity contribution is 4.50. The summed E-state index contributed by atoms with van der Waals surface area (Å²) in [6.07, 6.45) is 21.7. The second-order valence-electron chi connectivity index (χ2n) is 6.42. The van der Waals surface area contributed by atoms with E-state index in [0.717, 1.165) is 25.7 Å². The number of rotatable bonds is 18. The van der Waals surface area contributed by atoms with Crippen molar-refractivity contribution in [2.45, 2.75) is 109 Å². The molecule has 0 saturated carbocycles. The summed E-state index contributed by atoms with van der Waals surface area (Å²) in [4.78, 5) is 0. The topological polar surface area (TPSA) is 39.8 Å². The van der Waals surface area contributed by atoms with Gasteiger partial charge in [-0.05, 0) is 12.8 Å². The van der Waals surface area contributed by atoms with Crippen LogP contribution in [0.25, 0.3) is 0 Å². The van der Waals surface area contributed by atoms with Gasteiger partial charge in [0.25, 0.3) is 0 Å². The molecule has 2 heteroatoms. The molecule has 0 saturated heterocycles. The normalized spacial score (nSPS) is 11.1. The highest BCUT2D eigenvalue weighted by Crippen LogP contribution is 2.13. The third-order valence-corrected chi connectivity index (χ3v) is 4.29. The molecule has 0 aromatic rings. The van der Waals surface area contributed by atoms with E-state index in [1.54, 1.807) is 0 Å². The predicted octanol–water partition coefficient (Wildman–Crippen LogP) is 6.48. The SMILES string of the molecule is [O]CCCCCCCCCCCCCCCCCCC[O]. The van der Waals surface area contributed by atoms with Crippen LogP contribution in [0.4, 0.5) is 0 Å². The average Bonchev–Trinajstić information content (AvgIpc) is 2.50. The fourth-order valence-electron chi connectivity index (χ4n) is 2.86. The first-order valence-corrected chi connectivity index (χ1v) is 9.58. The Balaban J connectivity index is 2.90. The highest BCUT2D eigenvalue weighted by Gasteiger charge is 1.94. The predicted molar refractivity (Wildman–Crippen MR) is 89.6 cm³/mol. The zero-order chi connectivity index (χ0) is 15.4. The van der Waals surface area contributed by atoms with Gasteiger partial charge in [-0.3, -0.25) is 0 Å². The first kappa shape index (κ1) is 20.9. The molecule has 0 N–H and O–H groups in total. The summed E-state index contributed by atoms with van der Waals surface area (Å²) in [6, 6.07) is 0. The lowest BCUT2D eigenvalue weighted by molar-refractivity contribution is 0.185. The molecule has 0 aliphatic carbocycles. The van der Waals surface area contributed by atoms with Crippen LogP contribution in [-0.2, 0) is 10.2 Å². The molecule has 0 heterocycles. The Morgan fingerprint density at radius 2 is 0.381 bits per heavy atom. The van der Waals surface area contributed by atoms with E-state index in [-0.39, 0.29) is 13.2 Å². The van der Waals surface area contributed by atoms with Crippen molar-refractivity contribution in [3.63, 3.8) is 0 Å². The molecule has 0 unspecified atom stereocenters. The standard InChI is InChI=1S/C19H38O2/c20-18-16-14-12-10-8-6-4-2-1-3-5-7-9-11-13-15-17-19-21/h1-19H2. The minimum Gasteiger partial charge on any atom is -0.237 e. The highest BCUT2D eigenvalue weighted by atomic mass is 16.3. The van der Waals surface area contributed by atoms with Crippen LogP contribution in [0.3, 0.4) is 0 Å². The Labute approximate surface area is 133 Å². The Hall–Kier alpha value is -0.0800. The molecule has 2 radical (unpaired) electrons. The Morgan fingerprint density at radius 1 is 0.238 bits per heavy atom. The van der Waals surface area contributed by atoms with Crippen molar-refractivity contribution in [1.82, 2.24) is 0 Å². The molecular formula is C19H38O2. The van der Waals surface area contributed by atoms with E-state index in [0.29, 0.717) is 0 Å². The van der Waals surface area contributed by atoms with Crippen molar-refractivity contribution in [2.24, 2.45) is 0 Å². The molecular weight excluding hydrogens is 260 g/mol. The maximum absolute atomic E-state index is 10.3. The molecule has 0 aliphatic heterocycles. The van der Waals surface area contributed by atoms with Gasteiger partial charge in [0.2, 0.25) is 0 Å². The lowest BCUT2D eigenvalue weighted by Crippen LogP contribution is -1.85. The van der Waals surface area contributed by atoms with Crippen LogP contribution in [0.1, 0.15) is 109 Å². The van der Waals surface area contributed by atoms with Crippen LogP contribution in [0.15, 0.2) is 0 Å². The summed E-state index contributed by atoms with van der Waals surface area (Å²) in [5.74, 6) is 0. The first-order chi connectivity index (χ1) is 10.4. The van der Waals surface area contributed by atoms with Crippen LogP contribution >= 0.6 is 0 Å². The van der Waals surface area contributed by atoms with Gasteiger partial charge in [0.05, 0.1) is 13.2 Å². The van der Waals surface area contributed by atoms with E-state index in [1.807, 2.05) is 0 Å². The second kappa shape index (κ2) is 19.9. The van der Waals surface area contributed by atoms with E-state index in [4.69, 9.17) is 0 Å². The Kier molecular flexibility index (Phi) is 19.8. The minimum atomic E-state index is 0.111. The van der Waals surface area contributed by atoms with Gasteiger partial charge in [0.15, 0.2) is 0 Å². The number of hydrogen-bond donors (Lipinski definition) is 0. The van der Waals surface area contributed by atoms with Gasteiger partial charge in [0, 0.05) is 0 Å². The van der Waals surface area contributed by atoms with Crippen molar-refractivity contribution < 1.29 is 10.2 Å². The van der Waals surface area contributed by atoms with Crippen LogP contribution in [0.2, 0.25) is 0 Å². The molecule has 0 fully saturated rings. The molecule has 0 aromatic heterocycles. The minimum absolute atomic E-state index is 0.111. The van der Waals surface area contributed by atoms with E-state index in [1.165, 1.54) is 83.5 Å². The molecule has 0 aliphatic rings. The molecule has 0 bridgehead atoms. The van der Waals surface area contributed by atoms with Crippen LogP contribution in [0, 0.1) is 0 Å². The van der Waals surface area contributed by atoms with E-state index < -0.39 is 0 Å². The zero-order valence-corrected chi connectivity index (χ0v) is 14.3. The summed E-state index contributed by atoms with van der Waals surface area (Å²) in [5, 5.41) is 20.6.